The molecule has 0 bridgehead atoms. The van der Waals surface area contributed by atoms with Crippen molar-refractivity contribution in [3.05, 3.63) is 5.82 Å². The lowest BCUT2D eigenvalue weighted by atomic mass is 10.2. The van der Waals surface area contributed by atoms with E-state index in [0.717, 1.165) is 4.90 Å². The number of anilines is 1. The Morgan fingerprint density at radius 2 is 2.24 bits per heavy atom. The van der Waals surface area contributed by atoms with Crippen LogP contribution >= 0.6 is 0 Å². The molecule has 1 aromatic heterocycles. The summed E-state index contributed by atoms with van der Waals surface area (Å²) >= 11 is 0. The molecule has 2 atom stereocenters. The number of aromatic amines is 1. The molecule has 0 radical (unpaired) electrons. The van der Waals surface area contributed by atoms with Gasteiger partial charge in [-0.3, -0.25) is 9.89 Å². The number of likely N-dealkylation sites (tertiary alicyclic amines) is 1. The predicted octanol–water partition coefficient (Wildman–Crippen LogP) is -1.95. The van der Waals surface area contributed by atoms with Crippen LogP contribution in [0.25, 0.3) is 0 Å². The summed E-state index contributed by atoms with van der Waals surface area (Å²) in [5.41, 5.74) is 5.25. The summed E-state index contributed by atoms with van der Waals surface area (Å²) in [5.74, 6) is -2.04. The molecule has 9 nitrogen and oxygen atoms in total. The van der Waals surface area contributed by atoms with Crippen LogP contribution in [0.4, 0.5) is 5.95 Å². The molecular formula is C8H11N5O4. The number of H-pyrrole nitrogens is 1. The van der Waals surface area contributed by atoms with Crippen LogP contribution < -0.4 is 5.73 Å². The number of aliphatic hydroxyl groups excluding tert-OH is 1. The molecule has 1 aromatic rings. The molecule has 5 N–H and O–H groups in total. The van der Waals surface area contributed by atoms with Gasteiger partial charge in [-0.2, -0.15) is 4.98 Å². The normalized spacial score (nSPS) is 23.9. The van der Waals surface area contributed by atoms with Crippen molar-refractivity contribution in [2.75, 3.05) is 12.3 Å². The van der Waals surface area contributed by atoms with E-state index in [9.17, 15) is 14.7 Å². The minimum Gasteiger partial charge on any atom is -0.480 e. The minimum atomic E-state index is -1.16. The second-order valence-electron chi connectivity index (χ2n) is 3.74. The van der Waals surface area contributed by atoms with Crippen LogP contribution in [-0.2, 0) is 4.79 Å². The molecule has 1 saturated heterocycles. The third-order valence-electron chi connectivity index (χ3n) is 2.53. The third kappa shape index (κ3) is 2.04. The van der Waals surface area contributed by atoms with Crippen LogP contribution in [0.3, 0.4) is 0 Å². The molecule has 1 aliphatic rings. The van der Waals surface area contributed by atoms with Gasteiger partial charge < -0.3 is 20.8 Å². The molecule has 2 unspecified atom stereocenters. The quantitative estimate of drug-likeness (QED) is 0.470. The van der Waals surface area contributed by atoms with E-state index in [4.69, 9.17) is 10.8 Å². The summed E-state index contributed by atoms with van der Waals surface area (Å²) in [6, 6.07) is -1.05. The predicted molar refractivity (Wildman–Crippen MR) is 53.9 cm³/mol. The first kappa shape index (κ1) is 11.3. The first-order chi connectivity index (χ1) is 7.99. The first-order valence-corrected chi connectivity index (χ1v) is 4.88. The molecule has 2 heterocycles. The van der Waals surface area contributed by atoms with Crippen LogP contribution in [0.2, 0.25) is 0 Å². The lowest BCUT2D eigenvalue weighted by molar-refractivity contribution is -0.141. The maximum Gasteiger partial charge on any atom is 0.326 e. The lowest BCUT2D eigenvalue weighted by Crippen LogP contribution is -2.41. The molecule has 0 spiro atoms. The monoisotopic (exact) mass is 241 g/mol. The van der Waals surface area contributed by atoms with Crippen molar-refractivity contribution in [3.8, 4) is 0 Å². The number of nitrogens with zero attached hydrogens (tertiary/aromatic N) is 3. The van der Waals surface area contributed by atoms with Crippen LogP contribution in [0.1, 0.15) is 17.0 Å². The number of carboxylic acids is 1. The fraction of sp³-hybridized carbons (Fsp3) is 0.500. The number of nitrogen functional groups attached to an aromatic ring is 1. The number of nitrogens with one attached hydrogen (secondary N) is 1. The summed E-state index contributed by atoms with van der Waals surface area (Å²) in [6.07, 6.45) is -0.842. The number of carbonyl (C=O) groups is 2. The van der Waals surface area contributed by atoms with Gasteiger partial charge in [0.2, 0.25) is 11.8 Å². The molecule has 2 rings (SSSR count). The molecule has 1 fully saturated rings. The van der Waals surface area contributed by atoms with Crippen molar-refractivity contribution < 1.29 is 19.8 Å². The number of carboxylic acid groups (broad SMARTS) is 1. The van der Waals surface area contributed by atoms with E-state index in [1.807, 2.05) is 0 Å². The number of rotatable bonds is 2. The van der Waals surface area contributed by atoms with E-state index in [0.29, 0.717) is 0 Å². The van der Waals surface area contributed by atoms with Crippen molar-refractivity contribution in [2.24, 2.45) is 0 Å². The maximum absolute atomic E-state index is 11.9. The number of aromatic nitrogens is 3. The smallest absolute Gasteiger partial charge is 0.326 e. The van der Waals surface area contributed by atoms with Crippen LogP contribution in [0.15, 0.2) is 0 Å². The Labute approximate surface area is 95.2 Å². The van der Waals surface area contributed by atoms with Gasteiger partial charge in [0.25, 0.3) is 5.91 Å². The second kappa shape index (κ2) is 4.01. The Hall–Kier alpha value is -2.16. The standard InChI is InChI=1S/C8H11N5O4/c9-8-10-5(11-12-8)6(15)13-2-3(14)1-4(13)7(16)17/h3-4,14H,1-2H2,(H,16,17)(H3,9,10,11,12). The van der Waals surface area contributed by atoms with Gasteiger partial charge in [0.05, 0.1) is 6.10 Å². The van der Waals surface area contributed by atoms with Gasteiger partial charge in [0, 0.05) is 13.0 Å². The highest BCUT2D eigenvalue weighted by molar-refractivity contribution is 5.94. The number of hydrogen-bond acceptors (Lipinski definition) is 6. The largest absolute Gasteiger partial charge is 0.480 e. The molecule has 17 heavy (non-hydrogen) atoms. The summed E-state index contributed by atoms with van der Waals surface area (Å²) in [6.45, 7) is -0.0452. The summed E-state index contributed by atoms with van der Waals surface area (Å²) in [4.78, 5) is 27.5. The number of β-amino-alcohol motifs (C(OH)–C–C–N with tert-alkyl or cyclic N) is 1. The zero-order valence-electron chi connectivity index (χ0n) is 8.70. The highest BCUT2D eigenvalue weighted by Gasteiger charge is 2.40. The summed E-state index contributed by atoms with van der Waals surface area (Å²) in [7, 11) is 0. The van der Waals surface area contributed by atoms with E-state index >= 15 is 0 Å². The molecule has 0 saturated carbocycles. The van der Waals surface area contributed by atoms with Crippen molar-refractivity contribution in [1.29, 1.82) is 0 Å². The lowest BCUT2D eigenvalue weighted by Gasteiger charge is -2.19. The van der Waals surface area contributed by atoms with Crippen LogP contribution in [0, 0.1) is 0 Å². The molecular weight excluding hydrogens is 230 g/mol. The van der Waals surface area contributed by atoms with Crippen molar-refractivity contribution >= 4 is 17.8 Å². The van der Waals surface area contributed by atoms with Gasteiger partial charge in [-0.1, -0.05) is 0 Å². The number of carbonyl (C=O) groups excluding carboxylic acids is 1. The zero-order chi connectivity index (χ0) is 12.6. The average molecular weight is 241 g/mol. The van der Waals surface area contributed by atoms with Gasteiger partial charge in [-0.15, -0.1) is 5.10 Å². The average Bonchev–Trinajstić information content (AvgIpc) is 2.83. The fourth-order valence-corrected chi connectivity index (χ4v) is 1.78. The van der Waals surface area contributed by atoms with Gasteiger partial charge in [0.1, 0.15) is 6.04 Å². The Balaban J connectivity index is 2.21. The SMILES string of the molecule is Nc1n[nH]c(C(=O)N2CC(O)CC2C(=O)O)n1. The number of hydrogen-bond donors (Lipinski definition) is 4. The summed E-state index contributed by atoms with van der Waals surface area (Å²) in [5, 5.41) is 24.1. The van der Waals surface area contributed by atoms with E-state index in [-0.39, 0.29) is 24.7 Å². The second-order valence-corrected chi connectivity index (χ2v) is 3.74. The molecule has 1 amide bonds. The molecule has 0 aromatic carbocycles. The molecule has 9 heteroatoms. The topological polar surface area (TPSA) is 145 Å². The van der Waals surface area contributed by atoms with Crippen molar-refractivity contribution in [2.45, 2.75) is 18.6 Å². The van der Waals surface area contributed by atoms with E-state index in [2.05, 4.69) is 15.2 Å². The Kier molecular flexibility index (Phi) is 2.68. The van der Waals surface area contributed by atoms with Crippen LogP contribution in [-0.4, -0.2) is 60.9 Å². The van der Waals surface area contributed by atoms with Gasteiger partial charge in [-0.25, -0.2) is 4.79 Å². The fourth-order valence-electron chi connectivity index (χ4n) is 1.78. The Bertz CT molecular complexity index is 459. The van der Waals surface area contributed by atoms with E-state index < -0.39 is 24.0 Å². The zero-order valence-corrected chi connectivity index (χ0v) is 8.70. The third-order valence-corrected chi connectivity index (χ3v) is 2.53. The van der Waals surface area contributed by atoms with Gasteiger partial charge in [0.15, 0.2) is 0 Å². The molecule has 1 aliphatic heterocycles. The highest BCUT2D eigenvalue weighted by atomic mass is 16.4. The highest BCUT2D eigenvalue weighted by Crippen LogP contribution is 2.19. The maximum atomic E-state index is 11.9. The number of aliphatic carboxylic acids is 1. The number of amides is 1. The number of aliphatic hydroxyl groups is 1. The number of nitrogens with two attached hydrogens (primary N) is 1. The van der Waals surface area contributed by atoms with Crippen LogP contribution in [0.5, 0.6) is 0 Å². The molecule has 92 valence electrons. The minimum absolute atomic E-state index is 0.00466. The van der Waals surface area contributed by atoms with E-state index in [1.54, 1.807) is 0 Å². The van der Waals surface area contributed by atoms with Gasteiger partial charge in [-0.05, 0) is 0 Å². The Morgan fingerprint density at radius 1 is 1.53 bits per heavy atom. The molecule has 0 aliphatic carbocycles. The van der Waals surface area contributed by atoms with Crippen molar-refractivity contribution in [3.63, 3.8) is 0 Å². The van der Waals surface area contributed by atoms with Gasteiger partial charge >= 0.3 is 5.97 Å². The van der Waals surface area contributed by atoms with Crippen molar-refractivity contribution in [1.82, 2.24) is 20.1 Å². The summed E-state index contributed by atoms with van der Waals surface area (Å²) < 4.78 is 0. The first-order valence-electron chi connectivity index (χ1n) is 4.88. The Morgan fingerprint density at radius 3 is 2.76 bits per heavy atom. The van der Waals surface area contributed by atoms with E-state index in [1.165, 1.54) is 0 Å².